The second kappa shape index (κ2) is 5.60. The highest BCUT2D eigenvalue weighted by Crippen LogP contribution is 2.24. The summed E-state index contributed by atoms with van der Waals surface area (Å²) in [6.07, 6.45) is 4.58. The summed E-state index contributed by atoms with van der Waals surface area (Å²) in [4.78, 5) is 2.54. The number of hydrogen-bond acceptors (Lipinski definition) is 3. The number of thioether (sulfide) groups is 1. The van der Waals surface area contributed by atoms with Crippen molar-refractivity contribution in [2.24, 2.45) is 0 Å². The summed E-state index contributed by atoms with van der Waals surface area (Å²) in [5.74, 6) is 1.26. The fourth-order valence-corrected chi connectivity index (χ4v) is 2.74. The second-order valence-electron chi connectivity index (χ2n) is 4.36. The monoisotopic (exact) mass is 236 g/mol. The average molecular weight is 236 g/mol. The Labute approximate surface area is 102 Å². The lowest BCUT2D eigenvalue weighted by molar-refractivity contribution is 0.256. The van der Waals surface area contributed by atoms with Gasteiger partial charge in [-0.05, 0) is 48.6 Å². The van der Waals surface area contributed by atoms with Gasteiger partial charge in [-0.25, -0.2) is 0 Å². The minimum Gasteiger partial charge on any atom is -0.398 e. The molecule has 2 rings (SSSR count). The van der Waals surface area contributed by atoms with Gasteiger partial charge in [0.1, 0.15) is 0 Å². The summed E-state index contributed by atoms with van der Waals surface area (Å²) in [5, 5.41) is 0. The Kier molecular flexibility index (Phi) is 4.13. The zero-order valence-corrected chi connectivity index (χ0v) is 10.7. The van der Waals surface area contributed by atoms with Crippen LogP contribution in [0.5, 0.6) is 0 Å². The summed E-state index contributed by atoms with van der Waals surface area (Å²) < 4.78 is 0. The number of nitrogens with zero attached hydrogens (tertiary/aromatic N) is 1. The van der Waals surface area contributed by atoms with Crippen LogP contribution in [-0.2, 0) is 13.0 Å². The van der Waals surface area contributed by atoms with E-state index in [1.807, 2.05) is 17.8 Å². The zero-order valence-electron chi connectivity index (χ0n) is 9.91. The maximum absolute atomic E-state index is 5.99. The highest BCUT2D eigenvalue weighted by atomic mass is 32.2. The third-order valence-corrected chi connectivity index (χ3v) is 3.90. The molecular formula is C13H20N2S. The van der Waals surface area contributed by atoms with Gasteiger partial charge < -0.3 is 5.73 Å². The Morgan fingerprint density at radius 3 is 3.12 bits per heavy atom. The van der Waals surface area contributed by atoms with E-state index < -0.39 is 0 Å². The highest BCUT2D eigenvalue weighted by Gasteiger charge is 2.16. The van der Waals surface area contributed by atoms with Crippen LogP contribution in [0.4, 0.5) is 5.69 Å². The van der Waals surface area contributed by atoms with E-state index in [-0.39, 0.29) is 0 Å². The predicted molar refractivity (Wildman–Crippen MR) is 72.8 cm³/mol. The molecule has 3 heteroatoms. The molecule has 0 spiro atoms. The van der Waals surface area contributed by atoms with E-state index in [2.05, 4.69) is 23.3 Å². The first-order valence-electron chi connectivity index (χ1n) is 5.89. The van der Waals surface area contributed by atoms with Crippen molar-refractivity contribution in [1.82, 2.24) is 4.90 Å². The number of nitrogen functional groups attached to an aromatic ring is 1. The Hall–Kier alpha value is -0.670. The van der Waals surface area contributed by atoms with Crippen LogP contribution < -0.4 is 5.73 Å². The first-order valence-corrected chi connectivity index (χ1v) is 7.28. The largest absolute Gasteiger partial charge is 0.398 e. The van der Waals surface area contributed by atoms with Gasteiger partial charge in [-0.1, -0.05) is 12.1 Å². The van der Waals surface area contributed by atoms with Gasteiger partial charge in [0.2, 0.25) is 0 Å². The van der Waals surface area contributed by atoms with E-state index in [0.29, 0.717) is 0 Å². The smallest absolute Gasteiger partial charge is 0.0350 e. The first kappa shape index (κ1) is 11.8. The minimum absolute atomic E-state index is 0.973. The molecule has 1 heterocycles. The van der Waals surface area contributed by atoms with E-state index in [1.54, 1.807) is 0 Å². The molecule has 2 N–H and O–H groups in total. The number of rotatable bonds is 4. The van der Waals surface area contributed by atoms with Crippen molar-refractivity contribution >= 4 is 17.4 Å². The summed E-state index contributed by atoms with van der Waals surface area (Å²) in [5.41, 5.74) is 9.76. The third-order valence-electron chi connectivity index (χ3n) is 3.20. The second-order valence-corrected chi connectivity index (χ2v) is 5.34. The molecule has 1 aliphatic heterocycles. The van der Waals surface area contributed by atoms with Crippen molar-refractivity contribution in [1.29, 1.82) is 0 Å². The van der Waals surface area contributed by atoms with Crippen molar-refractivity contribution in [3.8, 4) is 0 Å². The number of anilines is 1. The van der Waals surface area contributed by atoms with E-state index in [4.69, 9.17) is 5.73 Å². The topological polar surface area (TPSA) is 29.3 Å². The number of fused-ring (bicyclic) bond motifs is 1. The van der Waals surface area contributed by atoms with Crippen LogP contribution in [0.3, 0.4) is 0 Å². The highest BCUT2D eigenvalue weighted by molar-refractivity contribution is 7.98. The van der Waals surface area contributed by atoms with Crippen LogP contribution in [-0.4, -0.2) is 30.0 Å². The van der Waals surface area contributed by atoms with Gasteiger partial charge in [0.05, 0.1) is 0 Å². The quantitative estimate of drug-likeness (QED) is 0.643. The van der Waals surface area contributed by atoms with Crippen LogP contribution in [0.2, 0.25) is 0 Å². The lowest BCUT2D eigenvalue weighted by Crippen LogP contribution is -2.32. The molecule has 0 aromatic heterocycles. The lowest BCUT2D eigenvalue weighted by Gasteiger charge is -2.29. The number of benzene rings is 1. The summed E-state index contributed by atoms with van der Waals surface area (Å²) in [6, 6.07) is 6.30. The molecule has 88 valence electrons. The summed E-state index contributed by atoms with van der Waals surface area (Å²) in [7, 11) is 0. The first-order chi connectivity index (χ1) is 7.81. The van der Waals surface area contributed by atoms with Crippen LogP contribution >= 0.6 is 11.8 Å². The third kappa shape index (κ3) is 2.71. The standard InChI is InChI=1S/C13H20N2S/c1-16-9-3-7-15-8-6-12-11(10-15)4-2-5-13(12)14/h2,4-5H,3,6-10,14H2,1H3. The Morgan fingerprint density at radius 1 is 1.44 bits per heavy atom. The molecular weight excluding hydrogens is 216 g/mol. The van der Waals surface area contributed by atoms with E-state index in [0.717, 1.165) is 25.2 Å². The van der Waals surface area contributed by atoms with Gasteiger partial charge in [0.15, 0.2) is 0 Å². The SMILES string of the molecule is CSCCCN1CCc2c(N)cccc2C1. The van der Waals surface area contributed by atoms with Crippen molar-refractivity contribution < 1.29 is 0 Å². The molecule has 0 amide bonds. The summed E-state index contributed by atoms with van der Waals surface area (Å²) in [6.45, 7) is 3.46. The predicted octanol–water partition coefficient (Wildman–Crippen LogP) is 2.38. The Balaban J connectivity index is 1.96. The van der Waals surface area contributed by atoms with Crippen molar-refractivity contribution in [3.63, 3.8) is 0 Å². The summed E-state index contributed by atoms with van der Waals surface area (Å²) >= 11 is 1.93. The molecule has 0 fully saturated rings. The van der Waals surface area contributed by atoms with Crippen LogP contribution in [0.15, 0.2) is 18.2 Å². The minimum atomic E-state index is 0.973. The molecule has 0 atom stereocenters. The molecule has 1 aromatic carbocycles. The Bertz CT molecular complexity index is 352. The maximum atomic E-state index is 5.99. The fourth-order valence-electron chi connectivity index (χ4n) is 2.32. The molecule has 0 saturated heterocycles. The van der Waals surface area contributed by atoms with E-state index in [9.17, 15) is 0 Å². The van der Waals surface area contributed by atoms with Crippen LogP contribution in [0.25, 0.3) is 0 Å². The van der Waals surface area contributed by atoms with Crippen molar-refractivity contribution in [2.75, 3.05) is 30.8 Å². The lowest BCUT2D eigenvalue weighted by atomic mass is 9.98. The fraction of sp³-hybridized carbons (Fsp3) is 0.538. The van der Waals surface area contributed by atoms with Gasteiger partial charge in [-0.15, -0.1) is 0 Å². The molecule has 1 aliphatic rings. The van der Waals surface area contributed by atoms with Gasteiger partial charge in [-0.2, -0.15) is 11.8 Å². The van der Waals surface area contributed by atoms with Crippen molar-refractivity contribution in [2.45, 2.75) is 19.4 Å². The molecule has 0 unspecified atom stereocenters. The molecule has 0 saturated carbocycles. The zero-order chi connectivity index (χ0) is 11.4. The van der Waals surface area contributed by atoms with Crippen LogP contribution in [0.1, 0.15) is 17.5 Å². The van der Waals surface area contributed by atoms with E-state index >= 15 is 0 Å². The number of hydrogen-bond donors (Lipinski definition) is 1. The normalized spacial score (nSPS) is 16.1. The Morgan fingerprint density at radius 2 is 2.31 bits per heavy atom. The van der Waals surface area contributed by atoms with Crippen LogP contribution in [0, 0.1) is 0 Å². The molecule has 0 aliphatic carbocycles. The molecule has 2 nitrogen and oxygen atoms in total. The maximum Gasteiger partial charge on any atom is 0.0350 e. The van der Waals surface area contributed by atoms with Gasteiger partial charge >= 0.3 is 0 Å². The molecule has 0 radical (unpaired) electrons. The molecule has 1 aromatic rings. The molecule has 0 bridgehead atoms. The van der Waals surface area contributed by atoms with Crippen molar-refractivity contribution in [3.05, 3.63) is 29.3 Å². The molecule has 16 heavy (non-hydrogen) atoms. The van der Waals surface area contributed by atoms with E-state index in [1.165, 1.54) is 29.8 Å². The van der Waals surface area contributed by atoms with Gasteiger partial charge in [0, 0.05) is 18.8 Å². The van der Waals surface area contributed by atoms with Gasteiger partial charge in [-0.3, -0.25) is 4.90 Å². The number of nitrogens with two attached hydrogens (primary N) is 1. The van der Waals surface area contributed by atoms with Gasteiger partial charge in [0.25, 0.3) is 0 Å². The average Bonchev–Trinajstić information content (AvgIpc) is 2.30.